The summed E-state index contributed by atoms with van der Waals surface area (Å²) in [5, 5.41) is 6.48. The number of benzene rings is 2. The highest BCUT2D eigenvalue weighted by Crippen LogP contribution is 2.30. The molecule has 0 saturated heterocycles. The van der Waals surface area contributed by atoms with Gasteiger partial charge in [-0.3, -0.25) is 4.99 Å². The van der Waals surface area contributed by atoms with Gasteiger partial charge in [0.25, 0.3) is 0 Å². The van der Waals surface area contributed by atoms with Crippen LogP contribution in [0, 0.1) is 6.92 Å². The molecule has 0 atom stereocenters. The number of sulfone groups is 1. The largest absolute Gasteiger partial charge is 0.491 e. The molecule has 6 nitrogen and oxygen atoms in total. The van der Waals surface area contributed by atoms with Crippen LogP contribution in [0.5, 0.6) is 5.75 Å². The van der Waals surface area contributed by atoms with E-state index >= 15 is 0 Å². The molecule has 2 N–H and O–H groups in total. The minimum absolute atomic E-state index is 0.0202. The van der Waals surface area contributed by atoms with E-state index in [0.29, 0.717) is 30.6 Å². The predicted molar refractivity (Wildman–Crippen MR) is 123 cm³/mol. The van der Waals surface area contributed by atoms with E-state index in [9.17, 15) is 8.42 Å². The highest BCUT2D eigenvalue weighted by molar-refractivity contribution is 7.90. The molecule has 0 saturated carbocycles. The number of ether oxygens (including phenoxy) is 1. The summed E-state index contributed by atoms with van der Waals surface area (Å²) in [7, 11) is -1.50. The number of para-hydroxylation sites is 1. The molecule has 0 bridgehead atoms. The van der Waals surface area contributed by atoms with Crippen LogP contribution in [0.1, 0.15) is 37.5 Å². The van der Waals surface area contributed by atoms with Gasteiger partial charge in [0.15, 0.2) is 15.8 Å². The lowest BCUT2D eigenvalue weighted by Gasteiger charge is -2.22. The van der Waals surface area contributed by atoms with Gasteiger partial charge in [-0.15, -0.1) is 0 Å². The van der Waals surface area contributed by atoms with Crippen molar-refractivity contribution in [1.82, 2.24) is 10.6 Å². The maximum absolute atomic E-state index is 11.7. The number of hydrogen-bond acceptors (Lipinski definition) is 4. The van der Waals surface area contributed by atoms with Crippen LogP contribution < -0.4 is 15.4 Å². The van der Waals surface area contributed by atoms with Crippen molar-refractivity contribution < 1.29 is 13.2 Å². The Balaban J connectivity index is 1.86. The normalized spacial score (nSPS) is 12.5. The standard InChI is InChI=1S/C23H33N3O3S/c1-17-15-18(11-12-21(17)30(6,27)28)16-26-22(24-5)25-13-14-29-20-10-8-7-9-19(20)23(2,3)4/h7-12,15H,13-14,16H2,1-6H3,(H2,24,25,26). The molecule has 30 heavy (non-hydrogen) atoms. The maximum Gasteiger partial charge on any atom is 0.191 e. The van der Waals surface area contributed by atoms with E-state index in [0.717, 1.165) is 16.9 Å². The summed E-state index contributed by atoms with van der Waals surface area (Å²) in [6.07, 6.45) is 1.22. The van der Waals surface area contributed by atoms with Crippen molar-refractivity contribution >= 4 is 15.8 Å². The zero-order valence-corrected chi connectivity index (χ0v) is 19.6. The third-order valence-corrected chi connectivity index (χ3v) is 5.93. The fourth-order valence-electron chi connectivity index (χ4n) is 3.19. The first kappa shape index (κ1) is 23.7. The third kappa shape index (κ3) is 6.76. The Hall–Kier alpha value is -2.54. The molecule has 0 unspecified atom stereocenters. The molecule has 0 aliphatic carbocycles. The van der Waals surface area contributed by atoms with Gasteiger partial charge in [0.05, 0.1) is 11.4 Å². The van der Waals surface area contributed by atoms with Gasteiger partial charge >= 0.3 is 0 Å². The molecule has 0 aromatic heterocycles. The maximum atomic E-state index is 11.7. The number of rotatable bonds is 7. The van der Waals surface area contributed by atoms with Crippen molar-refractivity contribution in [1.29, 1.82) is 0 Å². The molecule has 0 heterocycles. The van der Waals surface area contributed by atoms with Crippen molar-refractivity contribution in [2.45, 2.75) is 44.6 Å². The summed E-state index contributed by atoms with van der Waals surface area (Å²) in [6.45, 7) is 9.97. The SMILES string of the molecule is CN=C(NCCOc1ccccc1C(C)(C)C)NCc1ccc(S(C)(=O)=O)c(C)c1. The molecule has 0 amide bonds. The van der Waals surface area contributed by atoms with Crippen molar-refractivity contribution in [3.8, 4) is 5.75 Å². The number of aryl methyl sites for hydroxylation is 1. The molecule has 0 fully saturated rings. The minimum atomic E-state index is -3.21. The molecule has 0 aliphatic heterocycles. The van der Waals surface area contributed by atoms with Crippen LogP contribution in [0.15, 0.2) is 52.4 Å². The summed E-state index contributed by atoms with van der Waals surface area (Å²) in [4.78, 5) is 4.59. The van der Waals surface area contributed by atoms with Crippen LogP contribution in [0.25, 0.3) is 0 Å². The number of guanidine groups is 1. The van der Waals surface area contributed by atoms with Gasteiger partial charge in [-0.2, -0.15) is 0 Å². The molecule has 2 rings (SSSR count). The monoisotopic (exact) mass is 431 g/mol. The van der Waals surface area contributed by atoms with Gasteiger partial charge in [-0.1, -0.05) is 51.1 Å². The quantitative estimate of drug-likeness (QED) is 0.399. The predicted octanol–water partition coefficient (Wildman–Crippen LogP) is 3.44. The van der Waals surface area contributed by atoms with Crippen LogP contribution in [-0.4, -0.2) is 40.8 Å². The smallest absolute Gasteiger partial charge is 0.191 e. The number of hydrogen-bond donors (Lipinski definition) is 2. The van der Waals surface area contributed by atoms with Crippen LogP contribution in [0.4, 0.5) is 0 Å². The first-order valence-corrected chi connectivity index (χ1v) is 11.9. The van der Waals surface area contributed by atoms with E-state index in [1.165, 1.54) is 11.8 Å². The fourth-order valence-corrected chi connectivity index (χ4v) is 4.15. The van der Waals surface area contributed by atoms with Gasteiger partial charge in [0, 0.05) is 19.8 Å². The summed E-state index contributed by atoms with van der Waals surface area (Å²) in [5.41, 5.74) is 2.93. The Bertz CT molecular complexity index is 993. The van der Waals surface area contributed by atoms with Crippen molar-refractivity contribution in [3.05, 3.63) is 59.2 Å². The summed E-state index contributed by atoms with van der Waals surface area (Å²) >= 11 is 0. The Kier molecular flexibility index (Phi) is 7.89. The number of aliphatic imine (C=N–C) groups is 1. The lowest BCUT2D eigenvalue weighted by atomic mass is 9.86. The van der Waals surface area contributed by atoms with Crippen molar-refractivity contribution in [3.63, 3.8) is 0 Å². The van der Waals surface area contributed by atoms with Crippen LogP contribution in [0.2, 0.25) is 0 Å². The van der Waals surface area contributed by atoms with Crippen molar-refractivity contribution in [2.24, 2.45) is 4.99 Å². The first-order valence-electron chi connectivity index (χ1n) is 9.99. The second kappa shape index (κ2) is 9.98. The molecule has 0 spiro atoms. The molecule has 2 aromatic rings. The lowest BCUT2D eigenvalue weighted by Crippen LogP contribution is -2.39. The Morgan fingerprint density at radius 1 is 1.10 bits per heavy atom. The molecule has 164 valence electrons. The second-order valence-corrected chi connectivity index (χ2v) is 10.3. The van der Waals surface area contributed by atoms with E-state index in [4.69, 9.17) is 4.74 Å². The Labute approximate surface area is 180 Å². The van der Waals surface area contributed by atoms with Crippen LogP contribution >= 0.6 is 0 Å². The fraction of sp³-hybridized carbons (Fsp3) is 0.435. The van der Waals surface area contributed by atoms with E-state index in [1.54, 1.807) is 20.0 Å². The van der Waals surface area contributed by atoms with Gasteiger partial charge in [0.2, 0.25) is 0 Å². The molecule has 0 aliphatic rings. The highest BCUT2D eigenvalue weighted by Gasteiger charge is 2.18. The third-order valence-electron chi connectivity index (χ3n) is 4.67. The lowest BCUT2D eigenvalue weighted by molar-refractivity contribution is 0.313. The van der Waals surface area contributed by atoms with Gasteiger partial charge in [0.1, 0.15) is 12.4 Å². The van der Waals surface area contributed by atoms with Gasteiger partial charge in [-0.05, 0) is 41.2 Å². The van der Waals surface area contributed by atoms with E-state index in [2.05, 4.69) is 42.5 Å². The summed E-state index contributed by atoms with van der Waals surface area (Å²) in [5.74, 6) is 1.56. The summed E-state index contributed by atoms with van der Waals surface area (Å²) < 4.78 is 29.5. The van der Waals surface area contributed by atoms with E-state index in [-0.39, 0.29) is 5.41 Å². The highest BCUT2D eigenvalue weighted by atomic mass is 32.2. The molecule has 7 heteroatoms. The topological polar surface area (TPSA) is 79.8 Å². The van der Waals surface area contributed by atoms with Crippen LogP contribution in [0.3, 0.4) is 0 Å². The molecule has 2 aromatic carbocycles. The zero-order valence-electron chi connectivity index (χ0n) is 18.7. The second-order valence-electron chi connectivity index (χ2n) is 8.32. The molecular formula is C23H33N3O3S. The average molecular weight is 432 g/mol. The van der Waals surface area contributed by atoms with Crippen LogP contribution in [-0.2, 0) is 21.8 Å². The molecule has 0 radical (unpaired) electrons. The van der Waals surface area contributed by atoms with Gasteiger partial charge in [-0.25, -0.2) is 8.42 Å². The van der Waals surface area contributed by atoms with Gasteiger partial charge < -0.3 is 15.4 Å². The van der Waals surface area contributed by atoms with E-state index < -0.39 is 9.84 Å². The first-order chi connectivity index (χ1) is 14.0. The number of nitrogens with zero attached hydrogens (tertiary/aromatic N) is 1. The zero-order chi connectivity index (χ0) is 22.4. The average Bonchev–Trinajstić information content (AvgIpc) is 2.66. The van der Waals surface area contributed by atoms with E-state index in [1.807, 2.05) is 30.3 Å². The Morgan fingerprint density at radius 3 is 2.40 bits per heavy atom. The Morgan fingerprint density at radius 2 is 1.80 bits per heavy atom. The molecular weight excluding hydrogens is 398 g/mol. The van der Waals surface area contributed by atoms with Crippen molar-refractivity contribution in [2.75, 3.05) is 26.5 Å². The summed E-state index contributed by atoms with van der Waals surface area (Å²) in [6, 6.07) is 13.4. The minimum Gasteiger partial charge on any atom is -0.491 e. The number of nitrogens with one attached hydrogen (secondary N) is 2.